The summed E-state index contributed by atoms with van der Waals surface area (Å²) < 4.78 is 17.0. The van der Waals surface area contributed by atoms with Gasteiger partial charge >= 0.3 is 5.69 Å². The predicted molar refractivity (Wildman–Crippen MR) is 126 cm³/mol. The number of aromatic nitrogens is 4. The number of halogens is 1. The van der Waals surface area contributed by atoms with Gasteiger partial charge in [-0.2, -0.15) is 0 Å². The van der Waals surface area contributed by atoms with Crippen LogP contribution in [0.5, 0.6) is 0 Å². The van der Waals surface area contributed by atoms with E-state index in [1.165, 1.54) is 6.07 Å². The van der Waals surface area contributed by atoms with Crippen LogP contribution in [0.2, 0.25) is 0 Å². The van der Waals surface area contributed by atoms with Crippen molar-refractivity contribution in [1.29, 1.82) is 0 Å². The Morgan fingerprint density at radius 3 is 2.52 bits per heavy atom. The molecule has 33 heavy (non-hydrogen) atoms. The number of imidazole rings is 1. The van der Waals surface area contributed by atoms with Crippen molar-refractivity contribution in [2.45, 2.75) is 38.8 Å². The topological polar surface area (TPSA) is 84.7 Å². The minimum Gasteiger partial charge on any atom is -0.388 e. The monoisotopic (exact) mass is 447 g/mol. The van der Waals surface area contributed by atoms with Crippen LogP contribution in [0.4, 0.5) is 10.1 Å². The minimum atomic E-state index is -0.479. The zero-order valence-corrected chi connectivity index (χ0v) is 18.5. The quantitative estimate of drug-likeness (QED) is 0.454. The molecule has 1 fully saturated rings. The van der Waals surface area contributed by atoms with E-state index in [2.05, 4.69) is 15.3 Å². The molecule has 4 aromatic rings. The van der Waals surface area contributed by atoms with Crippen LogP contribution in [0.1, 0.15) is 36.2 Å². The summed E-state index contributed by atoms with van der Waals surface area (Å²) in [5.74, 6) is 0.564. The molecule has 0 spiro atoms. The molecule has 7 nitrogen and oxygen atoms in total. The highest BCUT2D eigenvalue weighted by Gasteiger charge is 2.23. The van der Waals surface area contributed by atoms with Gasteiger partial charge in [0.25, 0.3) is 5.56 Å². The Kier molecular flexibility index (Phi) is 5.58. The van der Waals surface area contributed by atoms with Gasteiger partial charge in [0, 0.05) is 31.3 Å². The number of aromatic amines is 1. The summed E-state index contributed by atoms with van der Waals surface area (Å²) in [5, 5.41) is 3.09. The van der Waals surface area contributed by atoms with Crippen molar-refractivity contribution >= 4 is 16.9 Å². The fraction of sp³-hybridized carbons (Fsp3) is 0.320. The van der Waals surface area contributed by atoms with Crippen LogP contribution in [0.15, 0.2) is 58.1 Å². The summed E-state index contributed by atoms with van der Waals surface area (Å²) in [6, 6.07) is 14.2. The lowest BCUT2D eigenvalue weighted by atomic mass is 9.85. The van der Waals surface area contributed by atoms with Crippen molar-refractivity contribution in [1.82, 2.24) is 19.1 Å². The summed E-state index contributed by atoms with van der Waals surface area (Å²) in [5.41, 5.74) is 2.08. The number of fused-ring (bicyclic) bond motifs is 1. The van der Waals surface area contributed by atoms with Gasteiger partial charge in [0.05, 0.1) is 6.54 Å². The largest absolute Gasteiger partial charge is 0.388 e. The van der Waals surface area contributed by atoms with Gasteiger partial charge in [0.2, 0.25) is 0 Å². The number of rotatable bonds is 7. The van der Waals surface area contributed by atoms with Crippen LogP contribution >= 0.6 is 0 Å². The normalized spacial score (nSPS) is 13.9. The van der Waals surface area contributed by atoms with Gasteiger partial charge < -0.3 is 10.3 Å². The SMILES string of the molecule is CNc1ccc(Cc2nc3c([nH]2)c(=O)n(Cc2ccccc2F)c(=O)n3CC2CCC2)cc1. The molecular weight excluding hydrogens is 421 g/mol. The lowest BCUT2D eigenvalue weighted by Crippen LogP contribution is -2.42. The second-order valence-electron chi connectivity index (χ2n) is 8.68. The highest BCUT2D eigenvalue weighted by atomic mass is 19.1. The van der Waals surface area contributed by atoms with E-state index < -0.39 is 17.1 Å². The van der Waals surface area contributed by atoms with Gasteiger partial charge in [-0.25, -0.2) is 14.2 Å². The van der Waals surface area contributed by atoms with Gasteiger partial charge in [0.1, 0.15) is 17.2 Å². The van der Waals surface area contributed by atoms with Gasteiger partial charge in [-0.3, -0.25) is 13.9 Å². The molecule has 2 heterocycles. The molecule has 5 rings (SSSR count). The van der Waals surface area contributed by atoms with E-state index in [0.29, 0.717) is 35.9 Å². The molecule has 1 aliphatic rings. The number of nitrogens with zero attached hydrogens (tertiary/aromatic N) is 3. The molecule has 0 aliphatic heterocycles. The van der Waals surface area contributed by atoms with Crippen molar-refractivity contribution < 1.29 is 4.39 Å². The summed E-state index contributed by atoms with van der Waals surface area (Å²) >= 11 is 0. The highest BCUT2D eigenvalue weighted by Crippen LogP contribution is 2.28. The maximum Gasteiger partial charge on any atom is 0.333 e. The van der Waals surface area contributed by atoms with Crippen LogP contribution in [0.3, 0.4) is 0 Å². The molecule has 170 valence electrons. The summed E-state index contributed by atoms with van der Waals surface area (Å²) in [7, 11) is 1.86. The third-order valence-corrected chi connectivity index (χ3v) is 6.48. The lowest BCUT2D eigenvalue weighted by Gasteiger charge is -2.26. The lowest BCUT2D eigenvalue weighted by molar-refractivity contribution is 0.273. The van der Waals surface area contributed by atoms with E-state index in [0.717, 1.165) is 35.1 Å². The zero-order valence-electron chi connectivity index (χ0n) is 18.5. The predicted octanol–water partition coefficient (Wildman–Crippen LogP) is 3.51. The third kappa shape index (κ3) is 4.08. The van der Waals surface area contributed by atoms with Crippen LogP contribution in [-0.4, -0.2) is 26.1 Å². The molecule has 0 saturated heterocycles. The van der Waals surface area contributed by atoms with E-state index in [1.54, 1.807) is 22.8 Å². The molecule has 2 N–H and O–H groups in total. The average Bonchev–Trinajstić information content (AvgIpc) is 3.21. The Hall–Kier alpha value is -3.68. The fourth-order valence-electron chi connectivity index (χ4n) is 4.32. The van der Waals surface area contributed by atoms with Gasteiger partial charge in [-0.15, -0.1) is 0 Å². The standard InChI is InChI=1S/C25H26FN5O2/c1-27-19-11-9-16(10-12-19)13-21-28-22-23(29-21)30(14-17-5-4-6-17)25(33)31(24(22)32)15-18-7-2-3-8-20(18)26/h2-3,7-12,17,27H,4-6,13-15H2,1H3,(H,28,29). The maximum atomic E-state index is 14.3. The molecule has 1 saturated carbocycles. The average molecular weight is 448 g/mol. The minimum absolute atomic E-state index is 0.120. The first-order chi connectivity index (χ1) is 16.0. The van der Waals surface area contributed by atoms with Crippen molar-refractivity contribution in [2.24, 2.45) is 5.92 Å². The first kappa shape index (κ1) is 21.2. The molecule has 0 unspecified atom stereocenters. The van der Waals surface area contributed by atoms with Gasteiger partial charge in [-0.1, -0.05) is 36.8 Å². The Bertz CT molecular complexity index is 1410. The summed E-state index contributed by atoms with van der Waals surface area (Å²) in [4.78, 5) is 34.5. The Labute approximate surface area is 189 Å². The second-order valence-corrected chi connectivity index (χ2v) is 8.68. The third-order valence-electron chi connectivity index (χ3n) is 6.48. The molecule has 2 aromatic carbocycles. The molecule has 0 amide bonds. The first-order valence-corrected chi connectivity index (χ1v) is 11.3. The number of H-pyrrole nitrogens is 1. The van der Waals surface area contributed by atoms with E-state index in [4.69, 9.17) is 0 Å². The molecule has 8 heteroatoms. The number of benzene rings is 2. The van der Waals surface area contributed by atoms with Crippen molar-refractivity contribution in [3.05, 3.63) is 92.1 Å². The van der Waals surface area contributed by atoms with E-state index in [1.807, 2.05) is 31.3 Å². The van der Waals surface area contributed by atoms with Gasteiger partial charge in [0.15, 0.2) is 5.65 Å². The molecular formula is C25H26FN5O2. The number of hydrogen-bond acceptors (Lipinski definition) is 4. The summed E-state index contributed by atoms with van der Waals surface area (Å²) in [6.07, 6.45) is 3.75. The Morgan fingerprint density at radius 1 is 1.09 bits per heavy atom. The number of nitrogens with one attached hydrogen (secondary N) is 2. The van der Waals surface area contributed by atoms with Crippen molar-refractivity contribution in [3.8, 4) is 0 Å². The van der Waals surface area contributed by atoms with Crippen LogP contribution < -0.4 is 16.6 Å². The van der Waals surface area contributed by atoms with Crippen LogP contribution in [-0.2, 0) is 19.5 Å². The zero-order chi connectivity index (χ0) is 22.9. The first-order valence-electron chi connectivity index (χ1n) is 11.3. The number of anilines is 1. The molecule has 0 radical (unpaired) electrons. The fourth-order valence-corrected chi connectivity index (χ4v) is 4.32. The van der Waals surface area contributed by atoms with Crippen molar-refractivity contribution in [2.75, 3.05) is 12.4 Å². The van der Waals surface area contributed by atoms with Crippen LogP contribution in [0, 0.1) is 11.7 Å². The highest BCUT2D eigenvalue weighted by molar-refractivity contribution is 5.70. The Morgan fingerprint density at radius 2 is 1.85 bits per heavy atom. The van der Waals surface area contributed by atoms with Gasteiger partial charge in [-0.05, 0) is 42.5 Å². The van der Waals surface area contributed by atoms with Crippen LogP contribution in [0.25, 0.3) is 11.2 Å². The molecule has 1 aliphatic carbocycles. The molecule has 0 atom stereocenters. The second kappa shape index (κ2) is 8.69. The summed E-state index contributed by atoms with van der Waals surface area (Å²) in [6.45, 7) is 0.388. The van der Waals surface area contributed by atoms with E-state index in [-0.39, 0.29) is 12.1 Å². The van der Waals surface area contributed by atoms with Crippen molar-refractivity contribution in [3.63, 3.8) is 0 Å². The smallest absolute Gasteiger partial charge is 0.333 e. The van der Waals surface area contributed by atoms with E-state index >= 15 is 0 Å². The van der Waals surface area contributed by atoms with E-state index in [9.17, 15) is 14.0 Å². The molecule has 0 bridgehead atoms. The number of hydrogen-bond donors (Lipinski definition) is 2. The maximum absolute atomic E-state index is 14.3. The molecule has 2 aromatic heterocycles. The Balaban J connectivity index is 1.59.